The summed E-state index contributed by atoms with van der Waals surface area (Å²) in [5.74, 6) is 0.485. The van der Waals surface area contributed by atoms with E-state index in [9.17, 15) is 0 Å². The van der Waals surface area contributed by atoms with Crippen LogP contribution in [-0.4, -0.2) is 4.98 Å². The predicted molar refractivity (Wildman–Crippen MR) is 67.8 cm³/mol. The van der Waals surface area contributed by atoms with E-state index in [1.54, 1.807) is 30.3 Å². The van der Waals surface area contributed by atoms with Crippen molar-refractivity contribution in [1.29, 1.82) is 10.5 Å². The highest BCUT2D eigenvalue weighted by molar-refractivity contribution is 5.69. The SMILES string of the molecule is N#Cc1ccc(Nc2ncc(C#N)cc2N)cc1. The van der Waals surface area contributed by atoms with Gasteiger partial charge in [0, 0.05) is 11.9 Å². The normalized spacial score (nSPS) is 9.22. The molecule has 0 aliphatic rings. The van der Waals surface area contributed by atoms with Gasteiger partial charge in [0.25, 0.3) is 0 Å². The summed E-state index contributed by atoms with van der Waals surface area (Å²) in [4.78, 5) is 4.06. The van der Waals surface area contributed by atoms with Crippen LogP contribution in [0.1, 0.15) is 11.1 Å². The molecule has 0 fully saturated rings. The molecule has 5 heteroatoms. The minimum absolute atomic E-state index is 0.401. The molecule has 0 spiro atoms. The molecule has 0 unspecified atom stereocenters. The van der Waals surface area contributed by atoms with Crippen LogP contribution in [0.4, 0.5) is 17.2 Å². The number of pyridine rings is 1. The average molecular weight is 235 g/mol. The van der Waals surface area contributed by atoms with Crippen molar-refractivity contribution in [2.45, 2.75) is 0 Å². The Hall–Kier alpha value is -3.05. The van der Waals surface area contributed by atoms with E-state index in [-0.39, 0.29) is 0 Å². The van der Waals surface area contributed by atoms with Crippen LogP contribution in [-0.2, 0) is 0 Å². The van der Waals surface area contributed by atoms with Crippen molar-refractivity contribution in [3.63, 3.8) is 0 Å². The first kappa shape index (κ1) is 11.4. The van der Waals surface area contributed by atoms with Gasteiger partial charge in [0.2, 0.25) is 0 Å². The van der Waals surface area contributed by atoms with Crippen molar-refractivity contribution in [1.82, 2.24) is 4.98 Å². The van der Waals surface area contributed by atoms with Gasteiger partial charge in [0.05, 0.1) is 22.9 Å². The standard InChI is InChI=1S/C13H9N5/c14-6-9-1-3-11(4-2-9)18-13-12(16)5-10(7-15)8-17-13/h1-5,8H,16H2,(H,17,18). The smallest absolute Gasteiger partial charge is 0.153 e. The van der Waals surface area contributed by atoms with Crippen LogP contribution in [0.25, 0.3) is 0 Å². The molecule has 18 heavy (non-hydrogen) atoms. The Balaban J connectivity index is 2.24. The number of nitrogens with one attached hydrogen (secondary N) is 1. The van der Waals surface area contributed by atoms with Gasteiger partial charge in [-0.05, 0) is 30.3 Å². The third-order valence-electron chi connectivity index (χ3n) is 2.32. The summed E-state index contributed by atoms with van der Waals surface area (Å²) in [5.41, 5.74) is 7.95. The minimum Gasteiger partial charge on any atom is -0.396 e. The number of hydrogen-bond donors (Lipinski definition) is 2. The Bertz CT molecular complexity index is 647. The molecule has 3 N–H and O–H groups in total. The van der Waals surface area contributed by atoms with E-state index >= 15 is 0 Å². The van der Waals surface area contributed by atoms with Crippen molar-refractivity contribution in [2.24, 2.45) is 0 Å². The largest absolute Gasteiger partial charge is 0.396 e. The molecular weight excluding hydrogens is 226 g/mol. The molecule has 0 bridgehead atoms. The van der Waals surface area contributed by atoms with Crippen molar-refractivity contribution in [3.8, 4) is 12.1 Å². The summed E-state index contributed by atoms with van der Waals surface area (Å²) in [7, 11) is 0. The van der Waals surface area contributed by atoms with Gasteiger partial charge in [-0.15, -0.1) is 0 Å². The average Bonchev–Trinajstić information content (AvgIpc) is 2.42. The number of rotatable bonds is 2. The highest BCUT2D eigenvalue weighted by Crippen LogP contribution is 2.21. The van der Waals surface area contributed by atoms with E-state index in [1.807, 2.05) is 12.1 Å². The number of nitrogen functional groups attached to an aromatic ring is 1. The number of anilines is 3. The summed E-state index contributed by atoms with van der Waals surface area (Å²) >= 11 is 0. The lowest BCUT2D eigenvalue weighted by Gasteiger charge is -2.08. The molecule has 5 nitrogen and oxygen atoms in total. The number of aromatic nitrogens is 1. The fourth-order valence-corrected chi connectivity index (χ4v) is 1.41. The van der Waals surface area contributed by atoms with Crippen LogP contribution < -0.4 is 11.1 Å². The maximum atomic E-state index is 8.70. The van der Waals surface area contributed by atoms with Gasteiger partial charge >= 0.3 is 0 Å². The summed E-state index contributed by atoms with van der Waals surface area (Å²) < 4.78 is 0. The van der Waals surface area contributed by atoms with Gasteiger partial charge in [0.15, 0.2) is 5.82 Å². The number of hydrogen-bond acceptors (Lipinski definition) is 5. The van der Waals surface area contributed by atoms with E-state index in [0.717, 1.165) is 5.69 Å². The van der Waals surface area contributed by atoms with Crippen molar-refractivity contribution < 1.29 is 0 Å². The van der Waals surface area contributed by atoms with Crippen LogP contribution in [0.3, 0.4) is 0 Å². The number of nitriles is 2. The molecule has 0 saturated carbocycles. The lowest BCUT2D eigenvalue weighted by molar-refractivity contribution is 1.29. The number of benzene rings is 1. The lowest BCUT2D eigenvalue weighted by Crippen LogP contribution is -1.99. The first-order valence-electron chi connectivity index (χ1n) is 5.16. The van der Waals surface area contributed by atoms with E-state index < -0.39 is 0 Å². The Labute approximate surface area is 104 Å². The highest BCUT2D eigenvalue weighted by Gasteiger charge is 2.03. The van der Waals surface area contributed by atoms with Crippen LogP contribution in [0.5, 0.6) is 0 Å². The van der Waals surface area contributed by atoms with Crippen LogP contribution in [0.15, 0.2) is 36.5 Å². The van der Waals surface area contributed by atoms with Gasteiger partial charge in [-0.25, -0.2) is 4.98 Å². The maximum Gasteiger partial charge on any atom is 0.153 e. The summed E-state index contributed by atoms with van der Waals surface area (Å²) in [5, 5.41) is 20.4. The van der Waals surface area contributed by atoms with Gasteiger partial charge in [-0.3, -0.25) is 0 Å². The van der Waals surface area contributed by atoms with Gasteiger partial charge in [-0.1, -0.05) is 0 Å². The third kappa shape index (κ3) is 2.37. The van der Waals surface area contributed by atoms with Gasteiger partial charge in [-0.2, -0.15) is 10.5 Å². The molecule has 0 radical (unpaired) electrons. The Morgan fingerprint density at radius 3 is 2.28 bits per heavy atom. The zero-order valence-corrected chi connectivity index (χ0v) is 9.38. The molecule has 0 amide bonds. The quantitative estimate of drug-likeness (QED) is 0.830. The molecule has 1 aromatic carbocycles. The third-order valence-corrected chi connectivity index (χ3v) is 2.32. The molecule has 0 aliphatic carbocycles. The summed E-state index contributed by atoms with van der Waals surface area (Å²) in [6.07, 6.45) is 1.45. The molecule has 1 heterocycles. The molecule has 0 saturated heterocycles. The van der Waals surface area contributed by atoms with E-state index in [1.165, 1.54) is 6.20 Å². The molecule has 1 aromatic heterocycles. The zero-order chi connectivity index (χ0) is 13.0. The van der Waals surface area contributed by atoms with E-state index in [2.05, 4.69) is 10.3 Å². The molecular formula is C13H9N5. The highest BCUT2D eigenvalue weighted by atomic mass is 15.0. The van der Waals surface area contributed by atoms with Crippen LogP contribution >= 0.6 is 0 Å². The van der Waals surface area contributed by atoms with Crippen LogP contribution in [0, 0.1) is 22.7 Å². The van der Waals surface area contributed by atoms with Crippen molar-refractivity contribution in [2.75, 3.05) is 11.1 Å². The molecule has 2 rings (SSSR count). The molecule has 2 aromatic rings. The Morgan fingerprint density at radius 1 is 1.06 bits per heavy atom. The lowest BCUT2D eigenvalue weighted by atomic mass is 10.2. The van der Waals surface area contributed by atoms with E-state index in [0.29, 0.717) is 22.6 Å². The first-order valence-corrected chi connectivity index (χ1v) is 5.16. The van der Waals surface area contributed by atoms with Crippen molar-refractivity contribution in [3.05, 3.63) is 47.7 Å². The maximum absolute atomic E-state index is 8.70. The molecule has 86 valence electrons. The van der Waals surface area contributed by atoms with Crippen LogP contribution in [0.2, 0.25) is 0 Å². The monoisotopic (exact) mass is 235 g/mol. The second kappa shape index (κ2) is 4.86. The van der Waals surface area contributed by atoms with Gasteiger partial charge < -0.3 is 11.1 Å². The summed E-state index contributed by atoms with van der Waals surface area (Å²) in [6, 6.07) is 12.5. The minimum atomic E-state index is 0.401. The molecule has 0 atom stereocenters. The zero-order valence-electron chi connectivity index (χ0n) is 9.38. The molecule has 0 aliphatic heterocycles. The van der Waals surface area contributed by atoms with Crippen molar-refractivity contribution >= 4 is 17.2 Å². The fraction of sp³-hybridized carbons (Fsp3) is 0. The Kier molecular flexibility index (Phi) is 3.08. The van der Waals surface area contributed by atoms with E-state index in [4.69, 9.17) is 16.3 Å². The number of nitrogens with zero attached hydrogens (tertiary/aromatic N) is 3. The topological polar surface area (TPSA) is 98.5 Å². The second-order valence-corrected chi connectivity index (χ2v) is 3.59. The second-order valence-electron chi connectivity index (χ2n) is 3.59. The number of nitrogens with two attached hydrogens (primary N) is 1. The van der Waals surface area contributed by atoms with Gasteiger partial charge in [0.1, 0.15) is 6.07 Å². The predicted octanol–water partition coefficient (Wildman–Crippen LogP) is 2.15. The summed E-state index contributed by atoms with van der Waals surface area (Å²) in [6.45, 7) is 0. The fourth-order valence-electron chi connectivity index (χ4n) is 1.41. The Morgan fingerprint density at radius 2 is 1.72 bits per heavy atom. The first-order chi connectivity index (χ1) is 8.72.